The number of rotatable bonds is 6. The second-order valence-corrected chi connectivity index (χ2v) is 21.0. The van der Waals surface area contributed by atoms with Crippen molar-refractivity contribution < 1.29 is 4.57 Å². The molecule has 5 heteroatoms. The Labute approximate surface area is 373 Å². The minimum Gasteiger partial charge on any atom is -0.309 e. The van der Waals surface area contributed by atoms with Crippen LogP contribution in [0.5, 0.6) is 0 Å². The topological polar surface area (TPSA) is 17.1 Å². The molecule has 12 aromatic rings. The first-order chi connectivity index (χ1) is 30.6. The van der Waals surface area contributed by atoms with Crippen LogP contribution in [0.4, 0.5) is 0 Å². The second kappa shape index (κ2) is 17.4. The predicted molar refractivity (Wildman–Crippen MR) is 275 cm³/mol. The second-order valence-electron chi connectivity index (χ2n) is 15.3. The molecule has 298 valence electrons. The maximum atomic E-state index is 15.0. The lowest BCUT2D eigenvalue weighted by atomic mass is 9.94. The third-order valence-electron chi connectivity index (χ3n) is 11.9. The van der Waals surface area contributed by atoms with E-state index in [1.165, 1.54) is 75.2 Å². The molecule has 12 aromatic carbocycles. The molecule has 12 rings (SSSR count). The molecule has 0 radical (unpaired) electrons. The fourth-order valence-electron chi connectivity index (χ4n) is 9.19. The molecule has 1 nitrogen and oxygen atoms in total. The Bertz CT molecular complexity index is 3370. The SMILES string of the molecule is ClCCl.O=P(c1ccccc1)(c1ccccc1)c1ccc2ccc3cccc4ccc1c2c34.c1ccc(P(c2ccccc2)c2ccc3ccc4cccc5ccc2c3c45)cc1. The van der Waals surface area contributed by atoms with Gasteiger partial charge in [-0.05, 0) is 94.5 Å². The predicted octanol–water partition coefficient (Wildman–Crippen LogP) is 14.0. The van der Waals surface area contributed by atoms with Crippen LogP contribution in [0.15, 0.2) is 231 Å². The van der Waals surface area contributed by atoms with E-state index in [1.807, 2.05) is 60.7 Å². The van der Waals surface area contributed by atoms with E-state index < -0.39 is 15.1 Å². The summed E-state index contributed by atoms with van der Waals surface area (Å²) in [7, 11) is -3.66. The lowest BCUT2D eigenvalue weighted by Crippen LogP contribution is -2.25. The summed E-state index contributed by atoms with van der Waals surface area (Å²) in [6, 6.07) is 81.4. The highest BCUT2D eigenvalue weighted by atomic mass is 35.5. The van der Waals surface area contributed by atoms with Gasteiger partial charge in [-0.1, -0.05) is 224 Å². The Hall–Kier alpha value is -6.04. The Morgan fingerprint density at radius 2 is 0.677 bits per heavy atom. The summed E-state index contributed by atoms with van der Waals surface area (Å²) in [4.78, 5) is 0. The lowest BCUT2D eigenvalue weighted by molar-refractivity contribution is 0.592. The summed E-state index contributed by atoms with van der Waals surface area (Å²) in [6.45, 7) is 0. The van der Waals surface area contributed by atoms with Crippen LogP contribution in [0.2, 0.25) is 0 Å². The molecular formula is C57H40Cl2OP2. The zero-order valence-corrected chi connectivity index (χ0v) is 37.0. The van der Waals surface area contributed by atoms with Crippen LogP contribution in [-0.2, 0) is 4.57 Å². The van der Waals surface area contributed by atoms with E-state index in [2.05, 4.69) is 170 Å². The smallest absolute Gasteiger partial charge is 0.171 e. The van der Waals surface area contributed by atoms with Crippen molar-refractivity contribution in [2.75, 3.05) is 5.34 Å². The normalized spacial score (nSPS) is 11.7. The fourth-order valence-corrected chi connectivity index (χ4v) is 14.5. The van der Waals surface area contributed by atoms with Crippen molar-refractivity contribution >= 4 is 135 Å². The molecule has 0 amide bonds. The van der Waals surface area contributed by atoms with Crippen molar-refractivity contribution in [3.8, 4) is 0 Å². The Kier molecular flexibility index (Phi) is 11.2. The van der Waals surface area contributed by atoms with Gasteiger partial charge in [0.2, 0.25) is 0 Å². The number of benzene rings is 12. The Balaban J connectivity index is 0.000000139. The highest BCUT2D eigenvalue weighted by Gasteiger charge is 2.32. The monoisotopic (exact) mass is 872 g/mol. The first kappa shape index (κ1) is 40.1. The van der Waals surface area contributed by atoms with E-state index in [4.69, 9.17) is 23.2 Å². The number of hydrogen-bond donors (Lipinski definition) is 0. The van der Waals surface area contributed by atoms with Crippen molar-refractivity contribution in [3.63, 3.8) is 0 Å². The average molecular weight is 874 g/mol. The van der Waals surface area contributed by atoms with Gasteiger partial charge in [0.15, 0.2) is 7.14 Å². The van der Waals surface area contributed by atoms with Crippen LogP contribution in [-0.4, -0.2) is 5.34 Å². The Morgan fingerprint density at radius 3 is 1.13 bits per heavy atom. The average Bonchev–Trinajstić information content (AvgIpc) is 3.34. The fraction of sp³-hybridized carbons (Fsp3) is 0.0175. The molecule has 62 heavy (non-hydrogen) atoms. The molecule has 0 aliphatic carbocycles. The summed E-state index contributed by atoms with van der Waals surface area (Å²) in [5.74, 6) is 0. The quantitative estimate of drug-likeness (QED) is 0.0924. The van der Waals surface area contributed by atoms with Gasteiger partial charge in [0.05, 0.1) is 5.34 Å². The van der Waals surface area contributed by atoms with E-state index in [0.717, 1.165) is 21.3 Å². The minimum atomic E-state index is -3.03. The zero-order chi connectivity index (χ0) is 42.0. The van der Waals surface area contributed by atoms with E-state index >= 15 is 0 Å². The van der Waals surface area contributed by atoms with E-state index in [1.54, 1.807) is 0 Å². The number of hydrogen-bond acceptors (Lipinski definition) is 1. The van der Waals surface area contributed by atoms with Crippen LogP contribution in [0.3, 0.4) is 0 Å². The van der Waals surface area contributed by atoms with Crippen LogP contribution >= 0.6 is 38.3 Å². The van der Waals surface area contributed by atoms with Crippen LogP contribution in [0.25, 0.3) is 64.6 Å². The molecule has 0 saturated heterocycles. The van der Waals surface area contributed by atoms with Crippen LogP contribution < -0.4 is 31.8 Å². The van der Waals surface area contributed by atoms with Gasteiger partial charge in [0, 0.05) is 15.9 Å². The molecule has 0 heterocycles. The lowest BCUT2D eigenvalue weighted by Gasteiger charge is -2.23. The molecule has 0 bridgehead atoms. The van der Waals surface area contributed by atoms with Crippen molar-refractivity contribution in [2.45, 2.75) is 0 Å². The van der Waals surface area contributed by atoms with Gasteiger partial charge in [0.25, 0.3) is 0 Å². The van der Waals surface area contributed by atoms with Gasteiger partial charge in [-0.3, -0.25) is 0 Å². The number of alkyl halides is 2. The van der Waals surface area contributed by atoms with Gasteiger partial charge < -0.3 is 4.57 Å². The zero-order valence-electron chi connectivity index (χ0n) is 33.7. The van der Waals surface area contributed by atoms with E-state index in [-0.39, 0.29) is 5.34 Å². The third-order valence-corrected chi connectivity index (χ3v) is 17.5. The molecule has 0 spiro atoms. The summed E-state index contributed by atoms with van der Waals surface area (Å²) in [6.07, 6.45) is 0. The molecule has 0 fully saturated rings. The molecule has 0 saturated carbocycles. The van der Waals surface area contributed by atoms with Crippen molar-refractivity contribution in [1.29, 1.82) is 0 Å². The molecule has 0 atom stereocenters. The summed E-state index contributed by atoms with van der Waals surface area (Å²) >= 11 is 9.53. The highest BCUT2D eigenvalue weighted by Crippen LogP contribution is 2.46. The van der Waals surface area contributed by atoms with E-state index in [0.29, 0.717) is 0 Å². The summed E-state index contributed by atoms with van der Waals surface area (Å²) in [5.41, 5.74) is 0. The molecular weight excluding hydrogens is 833 g/mol. The van der Waals surface area contributed by atoms with Crippen molar-refractivity contribution in [3.05, 3.63) is 231 Å². The standard InChI is InChI=1S/C28H19OP.C28H19P.CH2Cl2/c29-30(23-10-3-1-4-11-23,24-12-5-2-6-13-24)26-19-17-22-15-14-20-8-7-9-21-16-18-25(26)28(22)27(20)21;1-3-10-23(11-4-1)29(24-12-5-2-6-13-24)26-19-17-22-15-14-20-8-7-9-21-16-18-25(26)28(22)27(20)21;2-1-3/h1-19H;1-19H;1H2. The van der Waals surface area contributed by atoms with E-state index in [9.17, 15) is 4.57 Å². The third kappa shape index (κ3) is 7.10. The maximum absolute atomic E-state index is 15.0. The first-order valence-electron chi connectivity index (χ1n) is 20.7. The van der Waals surface area contributed by atoms with Gasteiger partial charge in [-0.25, -0.2) is 0 Å². The minimum absolute atomic E-state index is 0.194. The van der Waals surface area contributed by atoms with Crippen molar-refractivity contribution in [2.24, 2.45) is 0 Å². The molecule has 0 aromatic heterocycles. The number of halogens is 2. The van der Waals surface area contributed by atoms with Gasteiger partial charge >= 0.3 is 0 Å². The first-order valence-corrected chi connectivity index (χ1v) is 24.8. The van der Waals surface area contributed by atoms with Crippen LogP contribution in [0, 0.1) is 0 Å². The maximum Gasteiger partial charge on any atom is 0.171 e. The molecule has 0 aliphatic rings. The van der Waals surface area contributed by atoms with Gasteiger partial charge in [-0.15, -0.1) is 23.2 Å². The highest BCUT2D eigenvalue weighted by molar-refractivity contribution is 7.85. The van der Waals surface area contributed by atoms with Gasteiger partial charge in [0.1, 0.15) is 0 Å². The van der Waals surface area contributed by atoms with Crippen molar-refractivity contribution in [1.82, 2.24) is 0 Å². The largest absolute Gasteiger partial charge is 0.309 e. The van der Waals surface area contributed by atoms with Crippen LogP contribution in [0.1, 0.15) is 0 Å². The molecule has 0 aliphatic heterocycles. The molecule has 0 unspecified atom stereocenters. The summed E-state index contributed by atoms with van der Waals surface area (Å²) < 4.78 is 15.0. The molecule has 0 N–H and O–H groups in total. The van der Waals surface area contributed by atoms with Gasteiger partial charge in [-0.2, -0.15) is 0 Å². The Morgan fingerprint density at radius 1 is 0.339 bits per heavy atom. The summed E-state index contributed by atoms with van der Waals surface area (Å²) in [5, 5.41) is 22.3.